The van der Waals surface area contributed by atoms with Gasteiger partial charge in [-0.05, 0) is 24.1 Å². The molecular formula is C15H23ClN2. The van der Waals surface area contributed by atoms with Crippen LogP contribution in [0.5, 0.6) is 0 Å². The second-order valence-corrected chi connectivity index (χ2v) is 5.44. The molecule has 0 aromatic heterocycles. The second-order valence-electron chi connectivity index (χ2n) is 5.00. The Labute approximate surface area is 115 Å². The summed E-state index contributed by atoms with van der Waals surface area (Å²) in [5.74, 6) is 0. The summed E-state index contributed by atoms with van der Waals surface area (Å²) in [6, 6.07) is 8.90. The maximum Gasteiger partial charge on any atom is 0.0409 e. The number of hydrogen-bond acceptors (Lipinski definition) is 2. The summed E-state index contributed by atoms with van der Waals surface area (Å²) >= 11 is 6.13. The molecule has 18 heavy (non-hydrogen) atoms. The summed E-state index contributed by atoms with van der Waals surface area (Å²) in [7, 11) is 0. The summed E-state index contributed by atoms with van der Waals surface area (Å²) in [6.07, 6.45) is 3.76. The van der Waals surface area contributed by atoms with E-state index in [1.165, 1.54) is 24.8 Å². The molecule has 2 rings (SSSR count). The molecule has 3 heteroatoms. The van der Waals surface area contributed by atoms with Gasteiger partial charge >= 0.3 is 0 Å². The predicted octanol–water partition coefficient (Wildman–Crippen LogP) is 3.48. The molecule has 100 valence electrons. The molecule has 1 N–H and O–H groups in total. The van der Waals surface area contributed by atoms with E-state index >= 15 is 0 Å². The third kappa shape index (κ3) is 3.71. The van der Waals surface area contributed by atoms with Gasteiger partial charge in [-0.15, -0.1) is 0 Å². The van der Waals surface area contributed by atoms with Crippen LogP contribution >= 0.6 is 11.6 Å². The highest BCUT2D eigenvalue weighted by atomic mass is 35.5. The number of piperazine rings is 1. The minimum absolute atomic E-state index is 0.533. The molecule has 1 fully saturated rings. The van der Waals surface area contributed by atoms with Crippen molar-refractivity contribution in [3.8, 4) is 0 Å². The Morgan fingerprint density at radius 1 is 1.33 bits per heavy atom. The van der Waals surface area contributed by atoms with Crippen molar-refractivity contribution < 1.29 is 0 Å². The Hall–Kier alpha value is -0.570. The summed E-state index contributed by atoms with van der Waals surface area (Å²) in [5, 5.41) is 4.27. The molecule has 1 atom stereocenters. The molecule has 0 spiro atoms. The molecule has 2 nitrogen and oxygen atoms in total. The van der Waals surface area contributed by atoms with Crippen molar-refractivity contribution in [1.29, 1.82) is 0 Å². The van der Waals surface area contributed by atoms with Gasteiger partial charge in [-0.2, -0.15) is 0 Å². The summed E-state index contributed by atoms with van der Waals surface area (Å²) < 4.78 is 0. The van der Waals surface area contributed by atoms with Crippen molar-refractivity contribution in [1.82, 2.24) is 10.2 Å². The molecule has 1 aromatic rings. The Morgan fingerprint density at radius 2 is 2.11 bits per heavy atom. The molecule has 1 saturated heterocycles. The van der Waals surface area contributed by atoms with Crippen molar-refractivity contribution in [2.75, 3.05) is 26.2 Å². The number of nitrogens with one attached hydrogen (secondary N) is 1. The topological polar surface area (TPSA) is 15.3 Å². The van der Waals surface area contributed by atoms with Crippen LogP contribution in [-0.2, 0) is 0 Å². The molecule has 1 aliphatic rings. The van der Waals surface area contributed by atoms with E-state index < -0.39 is 0 Å². The zero-order valence-corrected chi connectivity index (χ0v) is 11.9. The molecule has 1 aliphatic heterocycles. The zero-order chi connectivity index (χ0) is 12.8. The van der Waals surface area contributed by atoms with Gasteiger partial charge in [0.2, 0.25) is 0 Å². The number of benzene rings is 1. The maximum absolute atomic E-state index is 6.13. The molecule has 1 heterocycles. The summed E-state index contributed by atoms with van der Waals surface area (Å²) in [5.41, 5.74) is 1.37. The first-order valence-electron chi connectivity index (χ1n) is 7.01. The smallest absolute Gasteiger partial charge is 0.0409 e. The first-order chi connectivity index (χ1) is 8.81. The first kappa shape index (κ1) is 13.9. The monoisotopic (exact) mass is 266 g/mol. The van der Waals surface area contributed by atoms with Gasteiger partial charge < -0.3 is 5.32 Å². The summed E-state index contributed by atoms with van der Waals surface area (Å²) in [6.45, 7) is 6.74. The van der Waals surface area contributed by atoms with Crippen LogP contribution in [0.2, 0.25) is 5.02 Å². The van der Waals surface area contributed by atoms with Gasteiger partial charge in [-0.3, -0.25) is 4.90 Å². The summed E-state index contributed by atoms with van der Waals surface area (Å²) in [4.78, 5) is 2.60. The van der Waals surface area contributed by atoms with Crippen molar-refractivity contribution >= 4 is 11.6 Å². The van der Waals surface area contributed by atoms with Crippen LogP contribution in [0.15, 0.2) is 24.3 Å². The molecule has 0 radical (unpaired) electrons. The average molecular weight is 267 g/mol. The lowest BCUT2D eigenvalue weighted by molar-refractivity contribution is 0.163. The maximum atomic E-state index is 6.13. The average Bonchev–Trinajstić information content (AvgIpc) is 2.40. The Kier molecular flexibility index (Phi) is 5.48. The van der Waals surface area contributed by atoms with Gasteiger partial charge in [0.15, 0.2) is 0 Å². The highest BCUT2D eigenvalue weighted by Gasteiger charge is 2.21. The van der Waals surface area contributed by atoms with Gasteiger partial charge in [-0.25, -0.2) is 0 Å². The van der Waals surface area contributed by atoms with Crippen molar-refractivity contribution in [3.05, 3.63) is 34.9 Å². The Balaban J connectivity index is 2.12. The van der Waals surface area contributed by atoms with Crippen molar-refractivity contribution in [3.63, 3.8) is 0 Å². The first-order valence-corrected chi connectivity index (χ1v) is 7.39. The fourth-order valence-corrected chi connectivity index (χ4v) is 2.86. The van der Waals surface area contributed by atoms with Crippen LogP contribution in [0.4, 0.5) is 0 Å². The number of nitrogens with zero attached hydrogens (tertiary/aromatic N) is 1. The van der Waals surface area contributed by atoms with Crippen LogP contribution in [-0.4, -0.2) is 31.1 Å². The predicted molar refractivity (Wildman–Crippen MR) is 78.2 cm³/mol. The third-order valence-corrected chi connectivity index (χ3v) is 3.89. The highest BCUT2D eigenvalue weighted by Crippen LogP contribution is 2.28. The van der Waals surface area contributed by atoms with Crippen LogP contribution in [0.25, 0.3) is 0 Å². The molecule has 1 aromatic carbocycles. The van der Waals surface area contributed by atoms with E-state index in [1.807, 2.05) is 6.07 Å². The van der Waals surface area contributed by atoms with Gasteiger partial charge in [0, 0.05) is 37.2 Å². The van der Waals surface area contributed by atoms with E-state index in [-0.39, 0.29) is 0 Å². The molecule has 0 bridgehead atoms. The zero-order valence-electron chi connectivity index (χ0n) is 11.2. The molecule has 0 aliphatic carbocycles. The van der Waals surface area contributed by atoms with Gasteiger partial charge in [-0.1, -0.05) is 43.5 Å². The van der Waals surface area contributed by atoms with E-state index in [0.717, 1.165) is 31.2 Å². The number of hydrogen-bond donors (Lipinski definition) is 1. The van der Waals surface area contributed by atoms with Crippen LogP contribution in [0.1, 0.15) is 37.8 Å². The lowest BCUT2D eigenvalue weighted by Gasteiger charge is -2.35. The normalized spacial score (nSPS) is 18.8. The fraction of sp³-hybridized carbons (Fsp3) is 0.600. The van der Waals surface area contributed by atoms with Gasteiger partial charge in [0.25, 0.3) is 0 Å². The van der Waals surface area contributed by atoms with Crippen LogP contribution in [0.3, 0.4) is 0 Å². The molecule has 0 saturated carbocycles. The quantitative estimate of drug-likeness (QED) is 0.878. The SMILES string of the molecule is CCCCC(c1cccc(Cl)c1)N1CCNCC1. The van der Waals surface area contributed by atoms with Gasteiger partial charge in [0.1, 0.15) is 0 Å². The van der Waals surface area contributed by atoms with E-state index in [4.69, 9.17) is 11.6 Å². The van der Waals surface area contributed by atoms with Crippen molar-refractivity contribution in [2.24, 2.45) is 0 Å². The Morgan fingerprint density at radius 3 is 2.78 bits per heavy atom. The Bertz CT molecular complexity index is 361. The van der Waals surface area contributed by atoms with E-state index in [1.54, 1.807) is 0 Å². The standard InChI is InChI=1S/C15H23ClN2/c1-2-3-7-15(18-10-8-17-9-11-18)13-5-4-6-14(16)12-13/h4-6,12,15,17H,2-3,7-11H2,1H3. The van der Waals surface area contributed by atoms with Crippen LogP contribution in [0, 0.1) is 0 Å². The number of halogens is 1. The lowest BCUT2D eigenvalue weighted by Crippen LogP contribution is -2.45. The van der Waals surface area contributed by atoms with E-state index in [0.29, 0.717) is 6.04 Å². The third-order valence-electron chi connectivity index (χ3n) is 3.66. The molecule has 1 unspecified atom stereocenters. The fourth-order valence-electron chi connectivity index (χ4n) is 2.67. The van der Waals surface area contributed by atoms with Crippen molar-refractivity contribution in [2.45, 2.75) is 32.2 Å². The van der Waals surface area contributed by atoms with E-state index in [2.05, 4.69) is 35.3 Å². The second kappa shape index (κ2) is 7.13. The molecule has 0 amide bonds. The minimum atomic E-state index is 0.533. The number of unbranched alkanes of at least 4 members (excludes halogenated alkanes) is 1. The highest BCUT2D eigenvalue weighted by molar-refractivity contribution is 6.30. The van der Waals surface area contributed by atoms with Gasteiger partial charge in [0.05, 0.1) is 0 Å². The number of rotatable bonds is 5. The van der Waals surface area contributed by atoms with E-state index in [9.17, 15) is 0 Å². The largest absolute Gasteiger partial charge is 0.314 e. The van der Waals surface area contributed by atoms with Crippen LogP contribution < -0.4 is 5.32 Å². The lowest BCUT2D eigenvalue weighted by atomic mass is 9.99. The minimum Gasteiger partial charge on any atom is -0.314 e. The molecular weight excluding hydrogens is 244 g/mol.